The molecule has 4 rings (SSSR count). The number of carbonyl (C=O) groups excluding carboxylic acids is 1. The molecule has 6 heteroatoms. The number of hydrogen-bond donors (Lipinski definition) is 0. The van der Waals surface area contributed by atoms with E-state index in [0.717, 1.165) is 51.9 Å². The van der Waals surface area contributed by atoms with Crippen LogP contribution in [0.1, 0.15) is 32.1 Å². The van der Waals surface area contributed by atoms with Crippen molar-refractivity contribution in [3.63, 3.8) is 0 Å². The van der Waals surface area contributed by atoms with Crippen molar-refractivity contribution in [3.8, 4) is 0 Å². The van der Waals surface area contributed by atoms with Crippen LogP contribution in [0.15, 0.2) is 18.3 Å². The van der Waals surface area contributed by atoms with Gasteiger partial charge in [0.15, 0.2) is 11.6 Å². The molecule has 130 valence electrons. The maximum Gasteiger partial charge on any atom is 0.230 e. The van der Waals surface area contributed by atoms with Crippen molar-refractivity contribution in [1.29, 1.82) is 0 Å². The summed E-state index contributed by atoms with van der Waals surface area (Å²) >= 11 is 0. The summed E-state index contributed by atoms with van der Waals surface area (Å²) in [5.74, 6) is 0.337. The van der Waals surface area contributed by atoms with Gasteiger partial charge in [0.1, 0.15) is 0 Å². The zero-order valence-corrected chi connectivity index (χ0v) is 13.9. The molecule has 4 heterocycles. The van der Waals surface area contributed by atoms with Crippen molar-refractivity contribution in [2.45, 2.75) is 38.1 Å². The van der Waals surface area contributed by atoms with Crippen LogP contribution in [-0.2, 0) is 9.53 Å². The summed E-state index contributed by atoms with van der Waals surface area (Å²) in [6.45, 7) is 3.61. The van der Waals surface area contributed by atoms with Gasteiger partial charge in [-0.3, -0.25) is 4.79 Å². The number of aromatic nitrogens is 1. The minimum absolute atomic E-state index is 0.263. The van der Waals surface area contributed by atoms with Gasteiger partial charge in [-0.2, -0.15) is 0 Å². The molecule has 0 N–H and O–H groups in total. The van der Waals surface area contributed by atoms with Crippen molar-refractivity contribution in [3.05, 3.63) is 24.1 Å². The summed E-state index contributed by atoms with van der Waals surface area (Å²) in [6.07, 6.45) is 6.20. The third-order valence-corrected chi connectivity index (χ3v) is 5.79. The molecule has 1 aromatic heterocycles. The highest BCUT2D eigenvalue weighted by molar-refractivity contribution is 5.85. The molecule has 0 saturated carbocycles. The minimum Gasteiger partial charge on any atom is -0.381 e. The Morgan fingerprint density at radius 1 is 1.25 bits per heavy atom. The van der Waals surface area contributed by atoms with Gasteiger partial charge in [-0.25, -0.2) is 9.37 Å². The molecule has 0 radical (unpaired) electrons. The Labute approximate surface area is 141 Å². The number of nitrogens with zero attached hydrogens (tertiary/aromatic N) is 3. The number of likely N-dealkylation sites (tertiary alicyclic amines) is 1. The zero-order chi connectivity index (χ0) is 16.6. The second-order valence-corrected chi connectivity index (χ2v) is 7.21. The Bertz CT molecular complexity index is 620. The van der Waals surface area contributed by atoms with Gasteiger partial charge < -0.3 is 14.5 Å². The Kier molecular flexibility index (Phi) is 4.16. The topological polar surface area (TPSA) is 45.7 Å². The highest BCUT2D eigenvalue weighted by Crippen LogP contribution is 2.42. The lowest BCUT2D eigenvalue weighted by Crippen LogP contribution is -2.54. The SMILES string of the molecule is O=C1N(C2CCOCC2)CCC[C@@]12CCN(c1ncccc1F)C2. The molecule has 24 heavy (non-hydrogen) atoms. The van der Waals surface area contributed by atoms with E-state index >= 15 is 0 Å². The fourth-order valence-corrected chi connectivity index (χ4v) is 4.49. The fraction of sp³-hybridized carbons (Fsp3) is 0.667. The van der Waals surface area contributed by atoms with Crippen molar-refractivity contribution >= 4 is 11.7 Å². The standard InChI is InChI=1S/C18H24FN3O2/c19-15-3-1-8-20-16(15)21-10-7-18(13-21)6-2-9-22(17(18)23)14-4-11-24-12-5-14/h1,3,8,14H,2,4-7,9-13H2/t18-/m0/s1. The summed E-state index contributed by atoms with van der Waals surface area (Å²) < 4.78 is 19.5. The van der Waals surface area contributed by atoms with Gasteiger partial charge >= 0.3 is 0 Å². The Morgan fingerprint density at radius 3 is 2.88 bits per heavy atom. The van der Waals surface area contributed by atoms with Crippen LogP contribution < -0.4 is 4.90 Å². The van der Waals surface area contributed by atoms with E-state index in [1.54, 1.807) is 12.3 Å². The highest BCUT2D eigenvalue weighted by Gasteiger charge is 2.50. The molecule has 0 aromatic carbocycles. The molecular weight excluding hydrogens is 309 g/mol. The van der Waals surface area contributed by atoms with Crippen LogP contribution in [0.3, 0.4) is 0 Å². The van der Waals surface area contributed by atoms with Gasteiger partial charge in [-0.15, -0.1) is 0 Å². The Balaban J connectivity index is 1.52. The lowest BCUT2D eigenvalue weighted by molar-refractivity contribution is -0.149. The van der Waals surface area contributed by atoms with Gasteiger partial charge in [-0.05, 0) is 44.2 Å². The first-order valence-corrected chi connectivity index (χ1v) is 8.94. The maximum absolute atomic E-state index is 14.0. The molecule has 5 nitrogen and oxygen atoms in total. The van der Waals surface area contributed by atoms with Gasteiger partial charge in [0.05, 0.1) is 5.41 Å². The lowest BCUT2D eigenvalue weighted by atomic mass is 9.77. The van der Waals surface area contributed by atoms with Crippen LogP contribution in [0.5, 0.6) is 0 Å². The summed E-state index contributed by atoms with van der Waals surface area (Å²) in [4.78, 5) is 21.5. The number of ether oxygens (including phenoxy) is 1. The predicted molar refractivity (Wildman–Crippen MR) is 88.2 cm³/mol. The van der Waals surface area contributed by atoms with Gasteiger partial charge in [0.25, 0.3) is 0 Å². The number of hydrogen-bond acceptors (Lipinski definition) is 4. The van der Waals surface area contributed by atoms with Crippen LogP contribution in [0.4, 0.5) is 10.2 Å². The number of halogens is 1. The van der Waals surface area contributed by atoms with E-state index in [0.29, 0.717) is 24.9 Å². The number of amides is 1. The van der Waals surface area contributed by atoms with Crippen molar-refractivity contribution in [2.24, 2.45) is 5.41 Å². The van der Waals surface area contributed by atoms with Crippen LogP contribution >= 0.6 is 0 Å². The predicted octanol–water partition coefficient (Wildman–Crippen LogP) is 2.22. The Morgan fingerprint density at radius 2 is 2.08 bits per heavy atom. The quantitative estimate of drug-likeness (QED) is 0.832. The number of pyridine rings is 1. The summed E-state index contributed by atoms with van der Waals surface area (Å²) in [6, 6.07) is 3.34. The zero-order valence-electron chi connectivity index (χ0n) is 13.9. The normalized spacial score (nSPS) is 28.8. The smallest absolute Gasteiger partial charge is 0.230 e. The second kappa shape index (κ2) is 6.31. The lowest BCUT2D eigenvalue weighted by Gasteiger charge is -2.44. The minimum atomic E-state index is -0.361. The Hall–Kier alpha value is -1.69. The first kappa shape index (κ1) is 15.8. The average molecular weight is 333 g/mol. The molecule has 3 aliphatic rings. The molecule has 1 spiro atoms. The van der Waals surface area contributed by atoms with Crippen LogP contribution in [0.2, 0.25) is 0 Å². The van der Waals surface area contributed by atoms with E-state index in [4.69, 9.17) is 4.74 Å². The maximum atomic E-state index is 14.0. The van der Waals surface area contributed by atoms with Gasteiger partial charge in [0.2, 0.25) is 5.91 Å². The van der Waals surface area contributed by atoms with Crippen LogP contribution in [0, 0.1) is 11.2 Å². The fourth-order valence-electron chi connectivity index (χ4n) is 4.49. The van der Waals surface area contributed by atoms with E-state index in [-0.39, 0.29) is 17.1 Å². The molecule has 3 saturated heterocycles. The monoisotopic (exact) mass is 333 g/mol. The van der Waals surface area contributed by atoms with Crippen molar-refractivity contribution in [2.75, 3.05) is 37.7 Å². The number of anilines is 1. The molecule has 3 aliphatic heterocycles. The summed E-state index contributed by atoms with van der Waals surface area (Å²) in [5, 5.41) is 0. The van der Waals surface area contributed by atoms with Gasteiger partial charge in [-0.1, -0.05) is 0 Å². The largest absolute Gasteiger partial charge is 0.381 e. The van der Waals surface area contributed by atoms with E-state index in [1.165, 1.54) is 6.07 Å². The summed E-state index contributed by atoms with van der Waals surface area (Å²) in [5.41, 5.74) is -0.361. The number of piperidine rings is 1. The molecule has 1 amide bonds. The van der Waals surface area contributed by atoms with Gasteiger partial charge in [0, 0.05) is 45.1 Å². The number of carbonyl (C=O) groups is 1. The van der Waals surface area contributed by atoms with Crippen molar-refractivity contribution in [1.82, 2.24) is 9.88 Å². The van der Waals surface area contributed by atoms with E-state index in [2.05, 4.69) is 9.88 Å². The molecule has 3 fully saturated rings. The molecule has 0 unspecified atom stereocenters. The van der Waals surface area contributed by atoms with E-state index in [1.807, 2.05) is 4.90 Å². The van der Waals surface area contributed by atoms with Crippen LogP contribution in [-0.4, -0.2) is 54.7 Å². The molecule has 1 aromatic rings. The first-order chi connectivity index (χ1) is 11.7. The number of rotatable bonds is 2. The second-order valence-electron chi connectivity index (χ2n) is 7.21. The third kappa shape index (κ3) is 2.66. The average Bonchev–Trinajstić information content (AvgIpc) is 3.04. The van der Waals surface area contributed by atoms with E-state index < -0.39 is 0 Å². The molecule has 0 aliphatic carbocycles. The first-order valence-electron chi connectivity index (χ1n) is 8.94. The van der Waals surface area contributed by atoms with E-state index in [9.17, 15) is 9.18 Å². The van der Waals surface area contributed by atoms with Crippen LogP contribution in [0.25, 0.3) is 0 Å². The molecule has 0 bridgehead atoms. The van der Waals surface area contributed by atoms with Crippen molar-refractivity contribution < 1.29 is 13.9 Å². The molecular formula is C18H24FN3O2. The summed E-state index contributed by atoms with van der Waals surface area (Å²) in [7, 11) is 0. The molecule has 1 atom stereocenters. The third-order valence-electron chi connectivity index (χ3n) is 5.79. The highest BCUT2D eigenvalue weighted by atomic mass is 19.1.